The van der Waals surface area contributed by atoms with E-state index in [4.69, 9.17) is 16.3 Å². The zero-order chi connectivity index (χ0) is 16.0. The number of aromatic nitrogens is 2. The lowest BCUT2D eigenvalue weighted by Crippen LogP contribution is -2.38. The summed E-state index contributed by atoms with van der Waals surface area (Å²) in [7, 11) is 0. The molecule has 0 saturated heterocycles. The predicted octanol–water partition coefficient (Wildman–Crippen LogP) is 2.14. The molecule has 0 radical (unpaired) electrons. The number of nitrogens with zero attached hydrogens (tertiary/aromatic N) is 1. The van der Waals surface area contributed by atoms with E-state index in [0.717, 1.165) is 0 Å². The molecule has 0 fully saturated rings. The zero-order valence-electron chi connectivity index (χ0n) is 12.6. The van der Waals surface area contributed by atoms with E-state index >= 15 is 0 Å². The molecule has 21 heavy (non-hydrogen) atoms. The molecule has 0 aliphatic carbocycles. The Labute approximate surface area is 128 Å². The molecule has 1 unspecified atom stereocenters. The smallest absolute Gasteiger partial charge is 0.407 e. The van der Waals surface area contributed by atoms with E-state index in [0.29, 0.717) is 18.8 Å². The summed E-state index contributed by atoms with van der Waals surface area (Å²) in [6.45, 7) is 7.87. The summed E-state index contributed by atoms with van der Waals surface area (Å²) in [4.78, 5) is 22.6. The second-order valence-corrected chi connectivity index (χ2v) is 6.10. The third-order valence-electron chi connectivity index (χ3n) is 2.40. The highest BCUT2D eigenvalue weighted by molar-refractivity contribution is 6.30. The topological polar surface area (TPSA) is 96.1 Å². The van der Waals surface area contributed by atoms with Crippen molar-refractivity contribution in [3.8, 4) is 0 Å². The Kier molecular flexibility index (Phi) is 6.02. The number of halogens is 1. The number of carbonyl (C=O) groups excluding carboxylic acids is 1. The Bertz CT molecular complexity index is 539. The highest BCUT2D eigenvalue weighted by Crippen LogP contribution is 2.08. The Hall–Kier alpha value is -1.76. The molecule has 1 aromatic heterocycles. The lowest BCUT2D eigenvalue weighted by atomic mass is 10.2. The van der Waals surface area contributed by atoms with Crippen LogP contribution in [0.2, 0.25) is 5.02 Å². The summed E-state index contributed by atoms with van der Waals surface area (Å²) < 4.78 is 5.16. The van der Waals surface area contributed by atoms with E-state index in [1.807, 2.05) is 27.7 Å². The first-order valence-corrected chi connectivity index (χ1v) is 7.04. The molecule has 1 aromatic rings. The molecule has 0 spiro atoms. The molecule has 7 nitrogen and oxygen atoms in total. The van der Waals surface area contributed by atoms with Gasteiger partial charge < -0.3 is 15.4 Å². The van der Waals surface area contributed by atoms with Crippen LogP contribution in [-0.2, 0) is 4.74 Å². The highest BCUT2D eigenvalue weighted by atomic mass is 35.5. The van der Waals surface area contributed by atoms with Gasteiger partial charge in [0.15, 0.2) is 0 Å². The first-order chi connectivity index (χ1) is 9.67. The fourth-order valence-electron chi connectivity index (χ4n) is 1.47. The van der Waals surface area contributed by atoms with E-state index in [9.17, 15) is 9.59 Å². The van der Waals surface area contributed by atoms with Crippen LogP contribution in [0.4, 0.5) is 10.6 Å². The van der Waals surface area contributed by atoms with Gasteiger partial charge in [-0.15, -0.1) is 0 Å². The van der Waals surface area contributed by atoms with E-state index < -0.39 is 17.3 Å². The maximum atomic E-state index is 11.6. The fraction of sp³-hybridized carbons (Fsp3) is 0.615. The van der Waals surface area contributed by atoms with Crippen LogP contribution >= 0.6 is 11.6 Å². The summed E-state index contributed by atoms with van der Waals surface area (Å²) in [5, 5.41) is 11.9. The number of nitrogens with one attached hydrogen (secondary N) is 3. The van der Waals surface area contributed by atoms with E-state index in [2.05, 4.69) is 20.8 Å². The monoisotopic (exact) mass is 316 g/mol. The molecule has 0 aliphatic heterocycles. The van der Waals surface area contributed by atoms with Gasteiger partial charge in [-0.25, -0.2) is 9.89 Å². The van der Waals surface area contributed by atoms with Crippen LogP contribution in [0.25, 0.3) is 0 Å². The molecule has 0 aliphatic rings. The number of rotatable bonds is 5. The van der Waals surface area contributed by atoms with Gasteiger partial charge in [0.1, 0.15) is 16.4 Å². The second-order valence-electron chi connectivity index (χ2n) is 5.69. The van der Waals surface area contributed by atoms with Crippen molar-refractivity contribution < 1.29 is 9.53 Å². The summed E-state index contributed by atoms with van der Waals surface area (Å²) >= 11 is 5.69. The maximum absolute atomic E-state index is 11.6. The molecular formula is C13H21ClN4O3. The van der Waals surface area contributed by atoms with Crippen molar-refractivity contribution in [2.24, 2.45) is 0 Å². The number of carbonyl (C=O) groups is 1. The van der Waals surface area contributed by atoms with Crippen LogP contribution in [0.5, 0.6) is 0 Å². The minimum atomic E-state index is -0.515. The van der Waals surface area contributed by atoms with Gasteiger partial charge >= 0.3 is 6.09 Å². The summed E-state index contributed by atoms with van der Waals surface area (Å²) in [5.41, 5.74) is -0.944. The third-order valence-corrected chi connectivity index (χ3v) is 2.69. The first-order valence-electron chi connectivity index (χ1n) is 6.66. The van der Waals surface area contributed by atoms with Gasteiger partial charge in [-0.3, -0.25) is 4.79 Å². The van der Waals surface area contributed by atoms with Crippen LogP contribution in [0.1, 0.15) is 34.1 Å². The van der Waals surface area contributed by atoms with Gasteiger partial charge in [0.05, 0.1) is 0 Å². The van der Waals surface area contributed by atoms with Crippen molar-refractivity contribution in [2.45, 2.75) is 45.8 Å². The van der Waals surface area contributed by atoms with E-state index in [1.54, 1.807) is 0 Å². The lowest BCUT2D eigenvalue weighted by molar-refractivity contribution is 0.0507. The van der Waals surface area contributed by atoms with E-state index in [-0.39, 0.29) is 11.1 Å². The number of ether oxygens (including phenoxy) is 1. The van der Waals surface area contributed by atoms with Crippen molar-refractivity contribution in [2.75, 3.05) is 11.9 Å². The van der Waals surface area contributed by atoms with Crippen molar-refractivity contribution >= 4 is 23.5 Å². The third kappa shape index (κ3) is 6.99. The minimum Gasteiger partial charge on any atom is -0.444 e. The normalized spacial score (nSPS) is 12.6. The van der Waals surface area contributed by atoms with Gasteiger partial charge in [-0.2, -0.15) is 5.10 Å². The van der Waals surface area contributed by atoms with Crippen LogP contribution in [0.3, 0.4) is 0 Å². The second kappa shape index (κ2) is 7.31. The Morgan fingerprint density at radius 1 is 1.52 bits per heavy atom. The fourth-order valence-corrected chi connectivity index (χ4v) is 1.62. The standard InChI is InChI=1S/C13H21ClN4O3/c1-8(16-12(20)21-13(2,3)4)5-6-15-10-7-9(14)11(19)18-17-10/h7-8H,5-6H2,1-4H3,(H,15,17)(H,16,20)(H,18,19). The van der Waals surface area contributed by atoms with Crippen LogP contribution < -0.4 is 16.2 Å². The molecule has 0 bridgehead atoms. The maximum Gasteiger partial charge on any atom is 0.407 e. The van der Waals surface area contributed by atoms with Crippen LogP contribution in [-0.4, -0.2) is 34.5 Å². The van der Waals surface area contributed by atoms with Gasteiger partial charge in [0.25, 0.3) is 5.56 Å². The zero-order valence-corrected chi connectivity index (χ0v) is 13.4. The van der Waals surface area contributed by atoms with Crippen molar-refractivity contribution in [1.29, 1.82) is 0 Å². The Morgan fingerprint density at radius 2 is 2.19 bits per heavy atom. The Morgan fingerprint density at radius 3 is 2.76 bits per heavy atom. The Balaban J connectivity index is 2.33. The van der Waals surface area contributed by atoms with Gasteiger partial charge in [-0.1, -0.05) is 11.6 Å². The largest absolute Gasteiger partial charge is 0.444 e. The summed E-state index contributed by atoms with van der Waals surface area (Å²) in [6, 6.07) is 1.39. The van der Waals surface area contributed by atoms with Crippen LogP contribution in [0, 0.1) is 0 Å². The molecule has 1 heterocycles. The number of hydrogen-bond donors (Lipinski definition) is 3. The number of H-pyrrole nitrogens is 1. The lowest BCUT2D eigenvalue weighted by Gasteiger charge is -2.22. The average Bonchev–Trinajstić information content (AvgIpc) is 2.31. The van der Waals surface area contributed by atoms with Crippen molar-refractivity contribution in [3.63, 3.8) is 0 Å². The number of anilines is 1. The molecule has 1 rings (SSSR count). The number of amides is 1. The van der Waals surface area contributed by atoms with Gasteiger partial charge in [-0.05, 0) is 34.1 Å². The molecule has 8 heteroatoms. The van der Waals surface area contributed by atoms with Gasteiger partial charge in [0, 0.05) is 18.7 Å². The number of alkyl carbamates (subject to hydrolysis) is 1. The van der Waals surface area contributed by atoms with Crippen LogP contribution in [0.15, 0.2) is 10.9 Å². The molecule has 118 valence electrons. The number of hydrogen-bond acceptors (Lipinski definition) is 5. The average molecular weight is 317 g/mol. The molecular weight excluding hydrogens is 296 g/mol. The summed E-state index contributed by atoms with van der Waals surface area (Å²) in [6.07, 6.45) is 0.220. The molecule has 1 atom stereocenters. The summed E-state index contributed by atoms with van der Waals surface area (Å²) in [5.74, 6) is 0.476. The number of aromatic amines is 1. The van der Waals surface area contributed by atoms with Crippen molar-refractivity contribution in [1.82, 2.24) is 15.5 Å². The first kappa shape index (κ1) is 17.3. The molecule has 0 aromatic carbocycles. The SMILES string of the molecule is CC(CCNc1cc(Cl)c(=O)[nH]n1)NC(=O)OC(C)(C)C. The minimum absolute atomic E-state index is 0.0643. The quantitative estimate of drug-likeness (QED) is 0.773. The molecule has 3 N–H and O–H groups in total. The molecule has 1 amide bonds. The van der Waals surface area contributed by atoms with E-state index in [1.165, 1.54) is 6.07 Å². The predicted molar refractivity (Wildman–Crippen MR) is 81.8 cm³/mol. The van der Waals surface area contributed by atoms with Crippen molar-refractivity contribution in [3.05, 3.63) is 21.4 Å². The van der Waals surface area contributed by atoms with Gasteiger partial charge in [0.2, 0.25) is 0 Å². The highest BCUT2D eigenvalue weighted by Gasteiger charge is 2.17. The molecule has 0 saturated carbocycles.